The highest BCUT2D eigenvalue weighted by molar-refractivity contribution is 8.18. The number of non-ortho nitro benzene ring substituents is 1. The van der Waals surface area contributed by atoms with Gasteiger partial charge >= 0.3 is 5.97 Å². The number of nitrogens with zero attached hydrogens (tertiary/aromatic N) is 2. The average Bonchev–Trinajstić information content (AvgIpc) is 2.78. The van der Waals surface area contributed by atoms with Crippen LogP contribution in [-0.4, -0.2) is 33.6 Å². The van der Waals surface area contributed by atoms with E-state index in [9.17, 15) is 19.7 Å². The van der Waals surface area contributed by atoms with Crippen molar-refractivity contribution < 1.29 is 19.6 Å². The molecule has 1 amide bonds. The molecule has 2 rings (SSSR count). The SMILES string of the molecule is O=C(O)CN=C1NC(=O)/C(=C/c2ccc([N+](=O)[O-])cc2)S1. The fourth-order valence-electron chi connectivity index (χ4n) is 1.48. The van der Waals surface area contributed by atoms with E-state index in [1.807, 2.05) is 0 Å². The van der Waals surface area contributed by atoms with Crippen LogP contribution in [0.15, 0.2) is 34.2 Å². The summed E-state index contributed by atoms with van der Waals surface area (Å²) < 4.78 is 0. The number of carboxylic acid groups (broad SMARTS) is 1. The number of nitrogens with one attached hydrogen (secondary N) is 1. The van der Waals surface area contributed by atoms with Crippen LogP contribution in [0.1, 0.15) is 5.56 Å². The molecule has 2 N–H and O–H groups in total. The Morgan fingerprint density at radius 3 is 2.67 bits per heavy atom. The Labute approximate surface area is 122 Å². The number of nitro groups is 1. The van der Waals surface area contributed by atoms with Crippen molar-refractivity contribution >= 4 is 40.6 Å². The third-order valence-electron chi connectivity index (χ3n) is 2.41. The minimum atomic E-state index is -1.09. The fraction of sp³-hybridized carbons (Fsp3) is 0.0833. The molecule has 1 fully saturated rings. The van der Waals surface area contributed by atoms with E-state index < -0.39 is 17.4 Å². The van der Waals surface area contributed by atoms with Crippen LogP contribution < -0.4 is 5.32 Å². The molecule has 1 aromatic rings. The maximum atomic E-state index is 11.7. The number of hydrogen-bond acceptors (Lipinski definition) is 6. The summed E-state index contributed by atoms with van der Waals surface area (Å²) in [5.74, 6) is -1.48. The van der Waals surface area contributed by atoms with Gasteiger partial charge in [0.05, 0.1) is 9.83 Å². The summed E-state index contributed by atoms with van der Waals surface area (Å²) in [7, 11) is 0. The quantitative estimate of drug-likeness (QED) is 0.490. The highest BCUT2D eigenvalue weighted by Gasteiger charge is 2.23. The summed E-state index contributed by atoms with van der Waals surface area (Å²) in [4.78, 5) is 36.2. The molecular weight excluding hydrogens is 298 g/mol. The van der Waals surface area contributed by atoms with E-state index in [4.69, 9.17) is 5.11 Å². The number of thioether (sulfide) groups is 1. The first-order valence-electron chi connectivity index (χ1n) is 5.67. The molecule has 21 heavy (non-hydrogen) atoms. The number of nitro benzene ring substituents is 1. The maximum Gasteiger partial charge on any atom is 0.325 e. The van der Waals surface area contributed by atoms with Gasteiger partial charge < -0.3 is 10.4 Å². The van der Waals surface area contributed by atoms with Crippen LogP contribution in [0.5, 0.6) is 0 Å². The van der Waals surface area contributed by atoms with Gasteiger partial charge in [0, 0.05) is 12.1 Å². The van der Waals surface area contributed by atoms with Crippen molar-refractivity contribution in [2.45, 2.75) is 0 Å². The van der Waals surface area contributed by atoms with Gasteiger partial charge in [-0.2, -0.15) is 0 Å². The summed E-state index contributed by atoms with van der Waals surface area (Å²) in [6.07, 6.45) is 1.55. The molecule has 0 atom stereocenters. The number of carbonyl (C=O) groups excluding carboxylic acids is 1. The maximum absolute atomic E-state index is 11.7. The van der Waals surface area contributed by atoms with E-state index >= 15 is 0 Å². The van der Waals surface area contributed by atoms with Crippen LogP contribution in [0.3, 0.4) is 0 Å². The second-order valence-electron chi connectivity index (χ2n) is 3.93. The third-order valence-corrected chi connectivity index (χ3v) is 3.36. The number of aliphatic carboxylic acids is 1. The molecule has 1 aliphatic heterocycles. The highest BCUT2D eigenvalue weighted by atomic mass is 32.2. The first-order chi connectivity index (χ1) is 9.95. The molecule has 108 valence electrons. The number of aliphatic imine (C=N–C) groups is 1. The van der Waals surface area contributed by atoms with Gasteiger partial charge in [-0.25, -0.2) is 0 Å². The van der Waals surface area contributed by atoms with E-state index in [1.165, 1.54) is 24.3 Å². The van der Waals surface area contributed by atoms with Crippen molar-refractivity contribution in [3.63, 3.8) is 0 Å². The van der Waals surface area contributed by atoms with Gasteiger partial charge in [0.25, 0.3) is 11.6 Å². The predicted octanol–water partition coefficient (Wildman–Crippen LogP) is 1.24. The molecule has 1 heterocycles. The average molecular weight is 307 g/mol. The Morgan fingerprint density at radius 1 is 1.43 bits per heavy atom. The summed E-state index contributed by atoms with van der Waals surface area (Å²) >= 11 is 1.02. The molecule has 1 aliphatic rings. The zero-order chi connectivity index (χ0) is 15.4. The number of benzene rings is 1. The van der Waals surface area contributed by atoms with E-state index in [0.717, 1.165) is 11.8 Å². The Kier molecular flexibility index (Phi) is 4.33. The van der Waals surface area contributed by atoms with Gasteiger partial charge in [-0.15, -0.1) is 0 Å². The van der Waals surface area contributed by atoms with Crippen LogP contribution in [0.4, 0.5) is 5.69 Å². The number of hydrogen-bond donors (Lipinski definition) is 2. The lowest BCUT2D eigenvalue weighted by Gasteiger charge is -1.95. The van der Waals surface area contributed by atoms with Gasteiger partial charge in [-0.1, -0.05) is 0 Å². The molecule has 0 bridgehead atoms. The number of rotatable bonds is 4. The lowest BCUT2D eigenvalue weighted by atomic mass is 10.2. The van der Waals surface area contributed by atoms with Gasteiger partial charge in [0.2, 0.25) is 0 Å². The van der Waals surface area contributed by atoms with Crippen molar-refractivity contribution in [1.29, 1.82) is 0 Å². The minimum absolute atomic E-state index is 0.0376. The van der Waals surface area contributed by atoms with Gasteiger partial charge in [-0.05, 0) is 35.5 Å². The van der Waals surface area contributed by atoms with Crippen molar-refractivity contribution in [3.05, 3.63) is 44.8 Å². The Bertz CT molecular complexity index is 666. The third kappa shape index (κ3) is 3.89. The zero-order valence-corrected chi connectivity index (χ0v) is 11.3. The van der Waals surface area contributed by atoms with Gasteiger partial charge in [0.1, 0.15) is 6.54 Å². The fourth-order valence-corrected chi connectivity index (χ4v) is 2.30. The Balaban J connectivity index is 2.14. The molecule has 0 aromatic heterocycles. The highest BCUT2D eigenvalue weighted by Crippen LogP contribution is 2.26. The number of carbonyl (C=O) groups is 2. The van der Waals surface area contributed by atoms with Crippen molar-refractivity contribution in [3.8, 4) is 0 Å². The Morgan fingerprint density at radius 2 is 2.10 bits per heavy atom. The molecule has 0 spiro atoms. The van der Waals surface area contributed by atoms with Crippen LogP contribution in [0.2, 0.25) is 0 Å². The van der Waals surface area contributed by atoms with Crippen molar-refractivity contribution in [2.75, 3.05) is 6.54 Å². The lowest BCUT2D eigenvalue weighted by molar-refractivity contribution is -0.384. The molecule has 0 unspecified atom stereocenters. The largest absolute Gasteiger partial charge is 0.480 e. The summed E-state index contributed by atoms with van der Waals surface area (Å²) in [6.45, 7) is -0.423. The molecule has 8 nitrogen and oxygen atoms in total. The first-order valence-corrected chi connectivity index (χ1v) is 6.49. The zero-order valence-electron chi connectivity index (χ0n) is 10.5. The van der Waals surface area contributed by atoms with E-state index in [2.05, 4.69) is 10.3 Å². The van der Waals surface area contributed by atoms with E-state index in [0.29, 0.717) is 10.5 Å². The number of amides is 1. The smallest absolute Gasteiger partial charge is 0.325 e. The summed E-state index contributed by atoms with van der Waals surface area (Å²) in [5, 5.41) is 21.7. The van der Waals surface area contributed by atoms with Crippen LogP contribution >= 0.6 is 11.8 Å². The van der Waals surface area contributed by atoms with E-state index in [-0.39, 0.29) is 16.8 Å². The summed E-state index contributed by atoms with van der Waals surface area (Å²) in [6, 6.07) is 5.71. The molecule has 0 saturated carbocycles. The van der Waals surface area contributed by atoms with Gasteiger partial charge in [0.15, 0.2) is 5.17 Å². The molecule has 0 radical (unpaired) electrons. The summed E-state index contributed by atoms with van der Waals surface area (Å²) in [5.41, 5.74) is 0.585. The van der Waals surface area contributed by atoms with Crippen LogP contribution in [0, 0.1) is 10.1 Å². The Hall–Kier alpha value is -2.68. The standard InChI is InChI=1S/C12H9N3O5S/c16-10(17)6-13-12-14-11(18)9(21-12)5-7-1-3-8(4-2-7)15(19)20/h1-5H,6H2,(H,16,17)(H,13,14,18)/b9-5-. The van der Waals surface area contributed by atoms with Gasteiger partial charge in [-0.3, -0.25) is 24.7 Å². The topological polar surface area (TPSA) is 122 Å². The lowest BCUT2D eigenvalue weighted by Crippen LogP contribution is -2.20. The monoisotopic (exact) mass is 307 g/mol. The van der Waals surface area contributed by atoms with Crippen LogP contribution in [0.25, 0.3) is 6.08 Å². The van der Waals surface area contributed by atoms with Crippen molar-refractivity contribution in [2.24, 2.45) is 4.99 Å². The molecule has 1 aromatic carbocycles. The molecule has 9 heteroatoms. The second kappa shape index (κ2) is 6.18. The van der Waals surface area contributed by atoms with E-state index in [1.54, 1.807) is 6.08 Å². The molecule has 1 saturated heterocycles. The minimum Gasteiger partial charge on any atom is -0.480 e. The predicted molar refractivity (Wildman–Crippen MR) is 76.7 cm³/mol. The molecular formula is C12H9N3O5S. The second-order valence-corrected chi connectivity index (χ2v) is 4.96. The number of amidine groups is 1. The first kappa shape index (κ1) is 14.7. The van der Waals surface area contributed by atoms with Crippen molar-refractivity contribution in [1.82, 2.24) is 5.32 Å². The normalized spacial score (nSPS) is 18.0. The molecule has 0 aliphatic carbocycles. The number of carboxylic acids is 1. The van der Waals surface area contributed by atoms with Crippen LogP contribution in [-0.2, 0) is 9.59 Å².